The molecule has 0 saturated carbocycles. The highest BCUT2D eigenvalue weighted by atomic mass is 16.5. The number of benzene rings is 1. The van der Waals surface area contributed by atoms with Gasteiger partial charge in [-0.1, -0.05) is 18.2 Å². The number of para-hydroxylation sites is 1. The van der Waals surface area contributed by atoms with Crippen molar-refractivity contribution in [2.45, 2.75) is 19.9 Å². The minimum Gasteiger partial charge on any atom is -0.493 e. The van der Waals surface area contributed by atoms with E-state index in [1.54, 1.807) is 6.26 Å². The standard InChI is InChI=1S/C20H27N3O3/c1-17-6-2-3-8-19(17)26-15-5-9-21-20(24)23-12-10-22(11-13-23)16-18-7-4-14-25-18/h2-4,6-8,14H,5,9-13,15-16H2,1H3,(H,21,24). The Labute approximate surface area is 154 Å². The number of furan rings is 1. The average molecular weight is 357 g/mol. The van der Waals surface area contributed by atoms with E-state index in [0.717, 1.165) is 56.2 Å². The molecule has 1 N–H and O–H groups in total. The van der Waals surface area contributed by atoms with Crippen LogP contribution < -0.4 is 10.1 Å². The van der Waals surface area contributed by atoms with Crippen LogP contribution in [-0.2, 0) is 6.54 Å². The average Bonchev–Trinajstić information content (AvgIpc) is 3.16. The first-order chi connectivity index (χ1) is 12.7. The van der Waals surface area contributed by atoms with Crippen LogP contribution in [0, 0.1) is 6.92 Å². The number of hydrogen-bond donors (Lipinski definition) is 1. The summed E-state index contributed by atoms with van der Waals surface area (Å²) in [5.74, 6) is 1.88. The van der Waals surface area contributed by atoms with Crippen LogP contribution in [0.2, 0.25) is 0 Å². The van der Waals surface area contributed by atoms with Crippen molar-refractivity contribution in [2.24, 2.45) is 0 Å². The largest absolute Gasteiger partial charge is 0.493 e. The van der Waals surface area contributed by atoms with Crippen molar-refractivity contribution in [1.82, 2.24) is 15.1 Å². The Bertz CT molecular complexity index is 679. The molecule has 1 aliphatic heterocycles. The highest BCUT2D eigenvalue weighted by molar-refractivity contribution is 5.74. The van der Waals surface area contributed by atoms with Crippen molar-refractivity contribution in [3.8, 4) is 5.75 Å². The number of amides is 2. The van der Waals surface area contributed by atoms with Gasteiger partial charge in [-0.15, -0.1) is 0 Å². The maximum atomic E-state index is 12.2. The lowest BCUT2D eigenvalue weighted by Gasteiger charge is -2.34. The highest BCUT2D eigenvalue weighted by Gasteiger charge is 2.21. The first kappa shape index (κ1) is 18.3. The van der Waals surface area contributed by atoms with Crippen LogP contribution in [0.25, 0.3) is 0 Å². The highest BCUT2D eigenvalue weighted by Crippen LogP contribution is 2.16. The summed E-state index contributed by atoms with van der Waals surface area (Å²) >= 11 is 0. The molecule has 26 heavy (non-hydrogen) atoms. The number of rotatable bonds is 7. The maximum absolute atomic E-state index is 12.2. The van der Waals surface area contributed by atoms with Crippen LogP contribution in [-0.4, -0.2) is 55.2 Å². The molecule has 0 spiro atoms. The molecule has 0 atom stereocenters. The Hall–Kier alpha value is -2.47. The van der Waals surface area contributed by atoms with Crippen LogP contribution in [0.15, 0.2) is 47.1 Å². The molecule has 1 aromatic carbocycles. The molecule has 2 aromatic rings. The molecular formula is C20H27N3O3. The second kappa shape index (κ2) is 9.29. The molecule has 0 radical (unpaired) electrons. The summed E-state index contributed by atoms with van der Waals surface area (Å²) < 4.78 is 11.1. The minimum atomic E-state index is 0.0125. The SMILES string of the molecule is Cc1ccccc1OCCCNC(=O)N1CCN(Cc2ccco2)CC1. The zero-order valence-electron chi connectivity index (χ0n) is 15.3. The number of piperazine rings is 1. The Kier molecular flexibility index (Phi) is 6.55. The number of carbonyl (C=O) groups is 1. The molecular weight excluding hydrogens is 330 g/mol. The van der Waals surface area contributed by atoms with Gasteiger partial charge in [0.15, 0.2) is 0 Å². The van der Waals surface area contributed by atoms with Crippen LogP contribution >= 0.6 is 0 Å². The minimum absolute atomic E-state index is 0.0125. The predicted molar refractivity (Wildman–Crippen MR) is 100 cm³/mol. The van der Waals surface area contributed by atoms with Crippen LogP contribution in [0.5, 0.6) is 5.75 Å². The topological polar surface area (TPSA) is 58.0 Å². The van der Waals surface area contributed by atoms with Gasteiger partial charge in [-0.2, -0.15) is 0 Å². The number of hydrogen-bond acceptors (Lipinski definition) is 4. The molecule has 1 fully saturated rings. The first-order valence-electron chi connectivity index (χ1n) is 9.18. The van der Waals surface area contributed by atoms with Crippen molar-refractivity contribution in [3.63, 3.8) is 0 Å². The van der Waals surface area contributed by atoms with Gasteiger partial charge in [0.2, 0.25) is 0 Å². The molecule has 2 heterocycles. The number of aryl methyl sites for hydroxylation is 1. The van der Waals surface area contributed by atoms with Crippen LogP contribution in [0.3, 0.4) is 0 Å². The summed E-state index contributed by atoms with van der Waals surface area (Å²) in [5.41, 5.74) is 1.13. The maximum Gasteiger partial charge on any atom is 0.317 e. The molecule has 0 bridgehead atoms. The van der Waals surface area contributed by atoms with E-state index < -0.39 is 0 Å². The summed E-state index contributed by atoms with van der Waals surface area (Å²) in [6.45, 7) is 7.27. The Morgan fingerprint density at radius 2 is 1.96 bits per heavy atom. The summed E-state index contributed by atoms with van der Waals surface area (Å²) in [6, 6.07) is 11.9. The molecule has 1 saturated heterocycles. The molecule has 140 valence electrons. The predicted octanol–water partition coefficient (Wildman–Crippen LogP) is 2.88. The third-order valence-corrected chi connectivity index (χ3v) is 4.57. The first-order valence-corrected chi connectivity index (χ1v) is 9.18. The lowest BCUT2D eigenvalue weighted by Crippen LogP contribution is -2.51. The van der Waals surface area contributed by atoms with E-state index in [2.05, 4.69) is 10.2 Å². The smallest absolute Gasteiger partial charge is 0.317 e. The molecule has 0 aliphatic carbocycles. The van der Waals surface area contributed by atoms with E-state index in [4.69, 9.17) is 9.15 Å². The van der Waals surface area contributed by atoms with Gasteiger partial charge in [0.1, 0.15) is 11.5 Å². The fraction of sp³-hybridized carbons (Fsp3) is 0.450. The fourth-order valence-electron chi connectivity index (χ4n) is 3.01. The Morgan fingerprint density at radius 3 is 2.69 bits per heavy atom. The van der Waals surface area contributed by atoms with Gasteiger partial charge in [-0.05, 0) is 37.1 Å². The van der Waals surface area contributed by atoms with Crippen molar-refractivity contribution in [1.29, 1.82) is 0 Å². The van der Waals surface area contributed by atoms with E-state index >= 15 is 0 Å². The normalized spacial score (nSPS) is 15.0. The summed E-state index contributed by atoms with van der Waals surface area (Å²) in [5, 5.41) is 2.98. The van der Waals surface area contributed by atoms with Gasteiger partial charge in [0, 0.05) is 32.7 Å². The number of nitrogens with zero attached hydrogens (tertiary/aromatic N) is 2. The monoisotopic (exact) mass is 357 g/mol. The number of ether oxygens (including phenoxy) is 1. The number of urea groups is 1. The van der Waals surface area contributed by atoms with Gasteiger partial charge in [0.25, 0.3) is 0 Å². The second-order valence-corrected chi connectivity index (χ2v) is 6.54. The lowest BCUT2D eigenvalue weighted by atomic mass is 10.2. The van der Waals surface area contributed by atoms with Crippen molar-refractivity contribution < 1.29 is 13.9 Å². The van der Waals surface area contributed by atoms with E-state index in [9.17, 15) is 4.79 Å². The Morgan fingerprint density at radius 1 is 1.15 bits per heavy atom. The summed E-state index contributed by atoms with van der Waals surface area (Å²) in [6.07, 6.45) is 2.49. The van der Waals surface area contributed by atoms with Gasteiger partial charge in [0.05, 0.1) is 19.4 Å². The summed E-state index contributed by atoms with van der Waals surface area (Å²) in [4.78, 5) is 16.4. The van der Waals surface area contributed by atoms with Gasteiger partial charge in [-0.25, -0.2) is 4.79 Å². The summed E-state index contributed by atoms with van der Waals surface area (Å²) in [7, 11) is 0. The van der Waals surface area contributed by atoms with E-state index in [1.807, 2.05) is 48.2 Å². The van der Waals surface area contributed by atoms with Crippen molar-refractivity contribution in [3.05, 3.63) is 54.0 Å². The number of nitrogens with one attached hydrogen (secondary N) is 1. The van der Waals surface area contributed by atoms with Crippen molar-refractivity contribution >= 4 is 6.03 Å². The Balaban J connectivity index is 1.29. The fourth-order valence-corrected chi connectivity index (χ4v) is 3.01. The molecule has 0 unspecified atom stereocenters. The van der Waals surface area contributed by atoms with Gasteiger partial charge < -0.3 is 19.4 Å². The van der Waals surface area contributed by atoms with Crippen LogP contribution in [0.4, 0.5) is 4.79 Å². The molecule has 1 aromatic heterocycles. The second-order valence-electron chi connectivity index (χ2n) is 6.54. The van der Waals surface area contributed by atoms with Gasteiger partial charge in [-0.3, -0.25) is 4.90 Å². The van der Waals surface area contributed by atoms with E-state index in [1.165, 1.54) is 0 Å². The molecule has 2 amide bonds. The van der Waals surface area contributed by atoms with E-state index in [0.29, 0.717) is 13.2 Å². The number of carbonyl (C=O) groups excluding carboxylic acids is 1. The van der Waals surface area contributed by atoms with Gasteiger partial charge >= 0.3 is 6.03 Å². The molecule has 6 nitrogen and oxygen atoms in total. The third-order valence-electron chi connectivity index (χ3n) is 4.57. The molecule has 3 rings (SSSR count). The molecule has 6 heteroatoms. The zero-order valence-corrected chi connectivity index (χ0v) is 15.3. The molecule has 1 aliphatic rings. The third kappa shape index (κ3) is 5.26. The van der Waals surface area contributed by atoms with Crippen LogP contribution in [0.1, 0.15) is 17.7 Å². The quantitative estimate of drug-likeness (QED) is 0.774. The van der Waals surface area contributed by atoms with E-state index in [-0.39, 0.29) is 6.03 Å². The van der Waals surface area contributed by atoms with Crippen molar-refractivity contribution in [2.75, 3.05) is 39.3 Å². The zero-order chi connectivity index (χ0) is 18.2. The lowest BCUT2D eigenvalue weighted by molar-refractivity contribution is 0.130.